The molecule has 30 heavy (non-hydrogen) atoms. The van der Waals surface area contributed by atoms with Crippen molar-refractivity contribution in [2.24, 2.45) is 16.6 Å². The normalized spacial score (nSPS) is 13.3. The van der Waals surface area contributed by atoms with E-state index in [-0.39, 0.29) is 11.6 Å². The van der Waals surface area contributed by atoms with Crippen LogP contribution in [0.3, 0.4) is 0 Å². The molecule has 1 atom stereocenters. The Kier molecular flexibility index (Phi) is 8.63. The number of halogens is 2. The molecule has 0 aliphatic rings. The Morgan fingerprint density at radius 2 is 2.10 bits per heavy atom. The molecule has 0 saturated heterocycles. The van der Waals surface area contributed by atoms with Crippen LogP contribution in [0, 0.1) is 17.2 Å². The Morgan fingerprint density at radius 3 is 2.63 bits per heavy atom. The van der Waals surface area contributed by atoms with Crippen molar-refractivity contribution in [1.29, 1.82) is 5.26 Å². The van der Waals surface area contributed by atoms with Crippen LogP contribution in [0.5, 0.6) is 5.75 Å². The van der Waals surface area contributed by atoms with E-state index >= 15 is 0 Å². The molecular weight excluding hydrogens is 386 g/mol. The summed E-state index contributed by atoms with van der Waals surface area (Å²) in [6, 6.07) is 10.7. The van der Waals surface area contributed by atoms with Crippen LogP contribution in [0.15, 0.2) is 53.4 Å². The first-order chi connectivity index (χ1) is 14.4. The average Bonchev–Trinajstić information content (AvgIpc) is 2.76. The predicted octanol–water partition coefficient (Wildman–Crippen LogP) is 5.11. The summed E-state index contributed by atoms with van der Waals surface area (Å²) in [4.78, 5) is 8.09. The highest BCUT2D eigenvalue weighted by Gasteiger charge is 2.17. The van der Waals surface area contributed by atoms with Crippen LogP contribution in [0.25, 0.3) is 11.3 Å². The number of hydrogen-bond acceptors (Lipinski definition) is 5. The van der Waals surface area contributed by atoms with Crippen LogP contribution in [0.1, 0.15) is 37.8 Å². The van der Waals surface area contributed by atoms with E-state index in [9.17, 15) is 14.0 Å². The minimum absolute atomic E-state index is 0.219. The quantitative estimate of drug-likeness (QED) is 0.458. The van der Waals surface area contributed by atoms with E-state index in [2.05, 4.69) is 16.0 Å². The van der Waals surface area contributed by atoms with Gasteiger partial charge in [-0.15, -0.1) is 0 Å². The van der Waals surface area contributed by atoms with E-state index in [1.165, 1.54) is 13.1 Å². The number of nitriles is 1. The summed E-state index contributed by atoms with van der Waals surface area (Å²) >= 11 is 0. The zero-order chi connectivity index (χ0) is 22.1. The van der Waals surface area contributed by atoms with Crippen LogP contribution in [-0.4, -0.2) is 24.2 Å². The highest BCUT2D eigenvalue weighted by Crippen LogP contribution is 2.32. The van der Waals surface area contributed by atoms with Gasteiger partial charge in [-0.2, -0.15) is 5.26 Å². The number of allylic oxidation sites excluding steroid dienone is 2. The van der Waals surface area contributed by atoms with E-state index in [1.54, 1.807) is 24.4 Å². The topological polar surface area (TPSA) is 84.3 Å². The molecule has 0 fully saturated rings. The minimum Gasteiger partial charge on any atom is -0.461 e. The Balaban J connectivity index is 2.51. The molecule has 7 heteroatoms. The maximum atomic E-state index is 13.3. The summed E-state index contributed by atoms with van der Waals surface area (Å²) in [6.45, 7) is 4.41. The largest absolute Gasteiger partial charge is 0.461 e. The molecule has 1 unspecified atom stereocenters. The van der Waals surface area contributed by atoms with Crippen molar-refractivity contribution in [2.75, 3.05) is 7.05 Å². The van der Waals surface area contributed by atoms with Gasteiger partial charge in [-0.3, -0.25) is 9.98 Å². The molecule has 0 radical (unpaired) electrons. The lowest BCUT2D eigenvalue weighted by atomic mass is 10.0. The number of ether oxygens (including phenoxy) is 1. The van der Waals surface area contributed by atoms with E-state index in [0.29, 0.717) is 41.3 Å². The molecule has 0 amide bonds. The lowest BCUT2D eigenvalue weighted by Crippen LogP contribution is -2.11. The molecule has 2 rings (SSSR count). The van der Waals surface area contributed by atoms with Crippen molar-refractivity contribution < 1.29 is 13.5 Å². The Labute approximate surface area is 175 Å². The highest BCUT2D eigenvalue weighted by molar-refractivity contribution is 5.97. The first-order valence-corrected chi connectivity index (χ1v) is 9.74. The molecule has 158 valence electrons. The maximum Gasteiger partial charge on any atom is 0.280 e. The number of nitrogens with two attached hydrogens (primary N) is 1. The Morgan fingerprint density at radius 1 is 1.33 bits per heavy atom. The number of pyridine rings is 1. The van der Waals surface area contributed by atoms with Crippen molar-refractivity contribution in [3.05, 3.63) is 59.5 Å². The van der Waals surface area contributed by atoms with E-state index in [4.69, 9.17) is 10.5 Å². The lowest BCUT2D eigenvalue weighted by Gasteiger charge is -2.17. The van der Waals surface area contributed by atoms with Crippen LogP contribution in [0.4, 0.5) is 8.78 Å². The van der Waals surface area contributed by atoms with E-state index in [1.807, 2.05) is 26.0 Å². The predicted molar refractivity (Wildman–Crippen MR) is 114 cm³/mol. The van der Waals surface area contributed by atoms with Crippen molar-refractivity contribution in [3.8, 4) is 23.1 Å². The van der Waals surface area contributed by atoms with Gasteiger partial charge in [0, 0.05) is 37.8 Å². The number of aliphatic imine (C=N–C) groups is 1. The molecule has 2 aromatic rings. The lowest BCUT2D eigenvalue weighted by molar-refractivity contribution is 0.226. The number of rotatable bonds is 9. The van der Waals surface area contributed by atoms with E-state index < -0.39 is 6.43 Å². The van der Waals surface area contributed by atoms with Gasteiger partial charge < -0.3 is 10.5 Å². The molecule has 0 saturated carbocycles. The monoisotopic (exact) mass is 412 g/mol. The minimum atomic E-state index is -2.71. The van der Waals surface area contributed by atoms with Crippen molar-refractivity contribution >= 4 is 5.71 Å². The SMILES string of the molecule is CCC(C)C/C(=C\C(=N/C)C(F)F)Oc1cc(C#N)ccc1-c1ccc(CN)cn1. The van der Waals surface area contributed by atoms with Crippen LogP contribution < -0.4 is 10.5 Å². The number of benzene rings is 1. The second kappa shape index (κ2) is 11.2. The second-order valence-corrected chi connectivity index (χ2v) is 6.96. The van der Waals surface area contributed by atoms with Gasteiger partial charge in [0.05, 0.1) is 17.3 Å². The molecule has 0 aliphatic heterocycles. The fraction of sp³-hybridized carbons (Fsp3) is 0.348. The molecule has 1 aromatic carbocycles. The van der Waals surface area contributed by atoms with Gasteiger partial charge in [0.1, 0.15) is 17.2 Å². The summed E-state index contributed by atoms with van der Waals surface area (Å²) in [5, 5.41) is 9.30. The number of alkyl halides is 2. The standard InChI is InChI=1S/C23H26F2N4O/c1-4-15(2)9-18(11-21(28-3)23(24)25)30-22-10-16(12-26)5-7-19(22)20-8-6-17(13-27)14-29-20/h5-8,10-11,14-15,23H,4,9,13,27H2,1-3H3/b18-11+,28-21+. The van der Waals surface area contributed by atoms with Crippen molar-refractivity contribution in [1.82, 2.24) is 4.98 Å². The molecular formula is C23H26F2N4O. The molecule has 5 nitrogen and oxygen atoms in total. The summed E-state index contributed by atoms with van der Waals surface area (Å²) < 4.78 is 32.6. The fourth-order valence-electron chi connectivity index (χ4n) is 2.74. The Bertz CT molecular complexity index is 947. The van der Waals surface area contributed by atoms with Crippen LogP contribution in [-0.2, 0) is 6.54 Å². The zero-order valence-electron chi connectivity index (χ0n) is 17.4. The first kappa shape index (κ1) is 23.2. The molecule has 1 heterocycles. The molecule has 1 aromatic heterocycles. The fourth-order valence-corrected chi connectivity index (χ4v) is 2.74. The average molecular weight is 412 g/mol. The maximum absolute atomic E-state index is 13.3. The summed E-state index contributed by atoms with van der Waals surface area (Å²) in [5.74, 6) is 0.957. The zero-order valence-corrected chi connectivity index (χ0v) is 17.4. The number of hydrogen-bond donors (Lipinski definition) is 1. The third-order valence-corrected chi connectivity index (χ3v) is 4.73. The van der Waals surface area contributed by atoms with Gasteiger partial charge in [0.25, 0.3) is 6.43 Å². The summed E-state index contributed by atoms with van der Waals surface area (Å²) in [7, 11) is 1.32. The van der Waals surface area contributed by atoms with Crippen LogP contribution >= 0.6 is 0 Å². The molecule has 0 aliphatic carbocycles. The van der Waals surface area contributed by atoms with Gasteiger partial charge in [0.15, 0.2) is 0 Å². The molecule has 2 N–H and O–H groups in total. The van der Waals surface area contributed by atoms with Crippen molar-refractivity contribution in [2.45, 2.75) is 39.7 Å². The van der Waals surface area contributed by atoms with Gasteiger partial charge in [-0.25, -0.2) is 8.78 Å². The third-order valence-electron chi connectivity index (χ3n) is 4.73. The van der Waals surface area contributed by atoms with Gasteiger partial charge >= 0.3 is 0 Å². The second-order valence-electron chi connectivity index (χ2n) is 6.96. The van der Waals surface area contributed by atoms with Gasteiger partial charge in [0.2, 0.25) is 0 Å². The van der Waals surface area contributed by atoms with E-state index in [0.717, 1.165) is 12.0 Å². The third kappa shape index (κ3) is 6.19. The van der Waals surface area contributed by atoms with Gasteiger partial charge in [-0.1, -0.05) is 26.3 Å². The highest BCUT2D eigenvalue weighted by atomic mass is 19.3. The summed E-state index contributed by atoms with van der Waals surface area (Å²) in [5.41, 5.74) is 7.85. The number of nitrogens with zero attached hydrogens (tertiary/aromatic N) is 3. The number of aromatic nitrogens is 1. The van der Waals surface area contributed by atoms with Crippen LogP contribution in [0.2, 0.25) is 0 Å². The molecule has 0 spiro atoms. The smallest absolute Gasteiger partial charge is 0.280 e. The Hall–Kier alpha value is -3.11. The van der Waals surface area contributed by atoms with Gasteiger partial charge in [-0.05, 0) is 35.7 Å². The summed E-state index contributed by atoms with van der Waals surface area (Å²) in [6.07, 6.45) is 1.57. The molecule has 0 bridgehead atoms. The van der Waals surface area contributed by atoms with Crippen molar-refractivity contribution in [3.63, 3.8) is 0 Å². The first-order valence-electron chi connectivity index (χ1n) is 9.74.